The van der Waals surface area contributed by atoms with Gasteiger partial charge in [0, 0.05) is 17.6 Å². The molecular formula is C16H18F3N3O2S. The molecule has 1 amide bonds. The minimum atomic E-state index is -4.72. The minimum Gasteiger partial charge on any atom is -0.406 e. The Morgan fingerprint density at radius 3 is 2.56 bits per heavy atom. The number of nitrogens with one attached hydrogen (secondary N) is 2. The van der Waals surface area contributed by atoms with Crippen molar-refractivity contribution in [2.75, 3.05) is 11.9 Å². The van der Waals surface area contributed by atoms with Crippen LogP contribution in [-0.2, 0) is 0 Å². The predicted octanol–water partition coefficient (Wildman–Crippen LogP) is 4.56. The SMILES string of the molecule is CC(C)CCNC(=O)c1csc(Nc2ccc(OC(F)(F)F)cc2)n1. The lowest BCUT2D eigenvalue weighted by Gasteiger charge is -2.09. The molecule has 0 radical (unpaired) electrons. The zero-order chi connectivity index (χ0) is 18.4. The number of hydrogen-bond donors (Lipinski definition) is 2. The summed E-state index contributed by atoms with van der Waals surface area (Å²) in [5.74, 6) is -0.0569. The van der Waals surface area contributed by atoms with E-state index in [1.165, 1.54) is 35.6 Å². The highest BCUT2D eigenvalue weighted by molar-refractivity contribution is 7.14. The first-order chi connectivity index (χ1) is 11.7. The lowest BCUT2D eigenvalue weighted by atomic mass is 10.1. The second-order valence-electron chi connectivity index (χ2n) is 5.67. The first-order valence-electron chi connectivity index (χ1n) is 7.59. The molecular weight excluding hydrogens is 355 g/mol. The summed E-state index contributed by atoms with van der Waals surface area (Å²) in [4.78, 5) is 16.1. The number of nitrogens with zero attached hydrogens (tertiary/aromatic N) is 1. The Kier molecular flexibility index (Phi) is 6.24. The third-order valence-corrected chi connectivity index (χ3v) is 3.84. The maximum atomic E-state index is 12.1. The second-order valence-corrected chi connectivity index (χ2v) is 6.53. The zero-order valence-electron chi connectivity index (χ0n) is 13.7. The summed E-state index contributed by atoms with van der Waals surface area (Å²) >= 11 is 1.23. The van der Waals surface area contributed by atoms with Crippen LogP contribution in [0.1, 0.15) is 30.8 Å². The van der Waals surface area contributed by atoms with Crippen molar-refractivity contribution in [3.05, 3.63) is 35.3 Å². The molecule has 0 aliphatic carbocycles. The van der Waals surface area contributed by atoms with Crippen LogP contribution in [0.4, 0.5) is 24.0 Å². The zero-order valence-corrected chi connectivity index (χ0v) is 14.5. The molecule has 0 unspecified atom stereocenters. The molecule has 136 valence electrons. The summed E-state index contributed by atoms with van der Waals surface area (Å²) in [6, 6.07) is 5.27. The van der Waals surface area contributed by atoms with Crippen molar-refractivity contribution < 1.29 is 22.7 Å². The van der Waals surface area contributed by atoms with Crippen LogP contribution in [0.2, 0.25) is 0 Å². The fourth-order valence-electron chi connectivity index (χ4n) is 1.86. The second kappa shape index (κ2) is 8.19. The Hall–Kier alpha value is -2.29. The normalized spacial score (nSPS) is 11.4. The van der Waals surface area contributed by atoms with Gasteiger partial charge in [-0.3, -0.25) is 4.79 Å². The van der Waals surface area contributed by atoms with Crippen molar-refractivity contribution in [3.63, 3.8) is 0 Å². The van der Waals surface area contributed by atoms with E-state index in [9.17, 15) is 18.0 Å². The van der Waals surface area contributed by atoms with Crippen LogP contribution in [0.5, 0.6) is 5.75 Å². The number of aromatic nitrogens is 1. The molecule has 9 heteroatoms. The Morgan fingerprint density at radius 2 is 1.96 bits per heavy atom. The molecule has 1 heterocycles. The van der Waals surface area contributed by atoms with Crippen LogP contribution in [0.15, 0.2) is 29.6 Å². The van der Waals surface area contributed by atoms with Crippen LogP contribution in [-0.4, -0.2) is 23.8 Å². The fraction of sp³-hybridized carbons (Fsp3) is 0.375. The summed E-state index contributed by atoms with van der Waals surface area (Å²) in [6.45, 7) is 4.72. The number of anilines is 2. The van der Waals surface area contributed by atoms with Gasteiger partial charge in [0.25, 0.3) is 5.91 Å². The fourth-order valence-corrected chi connectivity index (χ4v) is 2.57. The van der Waals surface area contributed by atoms with Gasteiger partial charge in [-0.25, -0.2) is 4.98 Å². The maximum Gasteiger partial charge on any atom is 0.573 e. The highest BCUT2D eigenvalue weighted by Crippen LogP contribution is 2.26. The van der Waals surface area contributed by atoms with Gasteiger partial charge >= 0.3 is 6.36 Å². The number of ether oxygens (including phenoxy) is 1. The first kappa shape index (κ1) is 19.0. The molecule has 25 heavy (non-hydrogen) atoms. The Morgan fingerprint density at radius 1 is 1.28 bits per heavy atom. The molecule has 0 saturated heterocycles. The Balaban J connectivity index is 1.91. The van der Waals surface area contributed by atoms with Gasteiger partial charge < -0.3 is 15.4 Å². The van der Waals surface area contributed by atoms with Crippen LogP contribution in [0, 0.1) is 5.92 Å². The summed E-state index contributed by atoms with van der Waals surface area (Å²) in [5.41, 5.74) is 0.837. The third kappa shape index (κ3) is 6.61. The monoisotopic (exact) mass is 373 g/mol. The molecule has 0 spiro atoms. The summed E-state index contributed by atoms with van der Waals surface area (Å²) in [6.07, 6.45) is -3.84. The van der Waals surface area contributed by atoms with Gasteiger partial charge in [0.15, 0.2) is 5.13 Å². The van der Waals surface area contributed by atoms with Crippen molar-refractivity contribution >= 4 is 28.1 Å². The van der Waals surface area contributed by atoms with E-state index in [1.54, 1.807) is 5.38 Å². The van der Waals surface area contributed by atoms with E-state index in [-0.39, 0.29) is 11.7 Å². The van der Waals surface area contributed by atoms with Crippen molar-refractivity contribution in [1.29, 1.82) is 0 Å². The van der Waals surface area contributed by atoms with E-state index < -0.39 is 6.36 Å². The largest absolute Gasteiger partial charge is 0.573 e. The molecule has 1 aromatic carbocycles. The van der Waals surface area contributed by atoms with Gasteiger partial charge in [0.1, 0.15) is 11.4 Å². The van der Waals surface area contributed by atoms with Gasteiger partial charge in [-0.2, -0.15) is 0 Å². The number of benzene rings is 1. The molecule has 0 atom stereocenters. The number of hydrogen-bond acceptors (Lipinski definition) is 5. The van der Waals surface area contributed by atoms with Crippen molar-refractivity contribution in [1.82, 2.24) is 10.3 Å². The summed E-state index contributed by atoms with van der Waals surface area (Å²) in [5, 5.41) is 7.82. The predicted molar refractivity (Wildman–Crippen MR) is 90.3 cm³/mol. The van der Waals surface area contributed by atoms with E-state index >= 15 is 0 Å². The lowest BCUT2D eigenvalue weighted by molar-refractivity contribution is -0.274. The number of carbonyl (C=O) groups excluding carboxylic acids is 1. The van der Waals surface area contributed by atoms with E-state index in [1.807, 2.05) is 0 Å². The molecule has 0 bridgehead atoms. The molecule has 2 rings (SSSR count). The van der Waals surface area contributed by atoms with Gasteiger partial charge in [-0.1, -0.05) is 13.8 Å². The van der Waals surface area contributed by atoms with Gasteiger partial charge in [0.05, 0.1) is 0 Å². The summed E-state index contributed by atoms with van der Waals surface area (Å²) < 4.78 is 40.2. The number of rotatable bonds is 7. The smallest absolute Gasteiger partial charge is 0.406 e. The van der Waals surface area contributed by atoms with Gasteiger partial charge in [0.2, 0.25) is 0 Å². The van der Waals surface area contributed by atoms with Crippen molar-refractivity contribution in [2.45, 2.75) is 26.6 Å². The Bertz CT molecular complexity index is 699. The van der Waals surface area contributed by atoms with Crippen LogP contribution in [0.3, 0.4) is 0 Å². The number of alkyl halides is 3. The van der Waals surface area contributed by atoms with E-state index in [4.69, 9.17) is 0 Å². The van der Waals surface area contributed by atoms with Crippen LogP contribution < -0.4 is 15.4 Å². The highest BCUT2D eigenvalue weighted by Gasteiger charge is 2.30. The molecule has 5 nitrogen and oxygen atoms in total. The number of thiazole rings is 1. The lowest BCUT2D eigenvalue weighted by Crippen LogP contribution is -2.25. The van der Waals surface area contributed by atoms with E-state index in [0.29, 0.717) is 29.0 Å². The first-order valence-corrected chi connectivity index (χ1v) is 8.47. The van der Waals surface area contributed by atoms with Crippen LogP contribution >= 0.6 is 11.3 Å². The molecule has 0 aliphatic rings. The standard InChI is InChI=1S/C16H18F3N3O2S/c1-10(2)7-8-20-14(23)13-9-25-15(22-13)21-11-3-5-12(6-4-11)24-16(17,18)19/h3-6,9-10H,7-8H2,1-2H3,(H,20,23)(H,21,22). The van der Waals surface area contributed by atoms with Crippen LogP contribution in [0.25, 0.3) is 0 Å². The van der Waals surface area contributed by atoms with E-state index in [0.717, 1.165) is 6.42 Å². The molecule has 2 aromatic rings. The quantitative estimate of drug-likeness (QED) is 0.747. The highest BCUT2D eigenvalue weighted by atomic mass is 32.1. The van der Waals surface area contributed by atoms with Crippen molar-refractivity contribution in [2.24, 2.45) is 5.92 Å². The number of carbonyl (C=O) groups is 1. The van der Waals surface area contributed by atoms with Gasteiger partial charge in [-0.15, -0.1) is 24.5 Å². The maximum absolute atomic E-state index is 12.1. The molecule has 0 fully saturated rings. The molecule has 0 saturated carbocycles. The summed E-state index contributed by atoms with van der Waals surface area (Å²) in [7, 11) is 0. The third-order valence-electron chi connectivity index (χ3n) is 3.08. The minimum absolute atomic E-state index is 0.251. The molecule has 1 aromatic heterocycles. The molecule has 2 N–H and O–H groups in total. The average molecular weight is 373 g/mol. The molecule has 0 aliphatic heterocycles. The number of halogens is 3. The van der Waals surface area contributed by atoms with Crippen molar-refractivity contribution in [3.8, 4) is 5.75 Å². The van der Waals surface area contributed by atoms with Gasteiger partial charge in [-0.05, 0) is 36.6 Å². The topological polar surface area (TPSA) is 63.2 Å². The Labute approximate surface area is 147 Å². The number of amides is 1. The van der Waals surface area contributed by atoms with E-state index in [2.05, 4.69) is 34.2 Å². The average Bonchev–Trinajstić information content (AvgIpc) is 2.96.